The molecule has 0 saturated heterocycles. The molecule has 7 heteroatoms. The fourth-order valence-electron chi connectivity index (χ4n) is 3.38. The Morgan fingerprint density at radius 3 is 2.78 bits per heavy atom. The van der Waals surface area contributed by atoms with Gasteiger partial charge in [-0.05, 0) is 32.0 Å². The van der Waals surface area contributed by atoms with E-state index in [0.29, 0.717) is 51.9 Å². The Hall–Kier alpha value is -3.53. The van der Waals surface area contributed by atoms with Gasteiger partial charge in [0.1, 0.15) is 17.3 Å². The summed E-state index contributed by atoms with van der Waals surface area (Å²) in [6, 6.07) is 8.95. The lowest BCUT2D eigenvalue weighted by Crippen LogP contribution is -2.28. The van der Waals surface area contributed by atoms with Gasteiger partial charge in [0.15, 0.2) is 0 Å². The van der Waals surface area contributed by atoms with Crippen molar-refractivity contribution in [1.82, 2.24) is 4.98 Å². The third kappa shape index (κ3) is 3.17. The third-order valence-electron chi connectivity index (χ3n) is 4.48. The summed E-state index contributed by atoms with van der Waals surface area (Å²) in [5.41, 5.74) is 8.62. The van der Waals surface area contributed by atoms with Gasteiger partial charge in [0.2, 0.25) is 5.91 Å². The second-order valence-corrected chi connectivity index (χ2v) is 6.03. The maximum Gasteiger partial charge on any atom is 0.247 e. The number of anilines is 1. The van der Waals surface area contributed by atoms with Gasteiger partial charge in [-0.15, -0.1) is 0 Å². The van der Waals surface area contributed by atoms with Gasteiger partial charge < -0.3 is 20.5 Å². The maximum atomic E-state index is 12.3. The molecule has 1 aromatic heterocycles. The van der Waals surface area contributed by atoms with Crippen LogP contribution in [-0.4, -0.2) is 24.6 Å². The zero-order chi connectivity index (χ0) is 19.6. The number of amides is 1. The van der Waals surface area contributed by atoms with Crippen molar-refractivity contribution in [2.75, 3.05) is 19.0 Å². The normalized spacial score (nSPS) is 15.4. The Bertz CT molecular complexity index is 976. The molecule has 1 aromatic carbocycles. The molecule has 0 saturated carbocycles. The van der Waals surface area contributed by atoms with Crippen LogP contribution in [0.3, 0.4) is 0 Å². The predicted molar refractivity (Wildman–Crippen MR) is 100 cm³/mol. The van der Waals surface area contributed by atoms with Crippen molar-refractivity contribution in [2.45, 2.75) is 19.8 Å². The van der Waals surface area contributed by atoms with Crippen molar-refractivity contribution in [3.8, 4) is 17.6 Å². The van der Waals surface area contributed by atoms with E-state index in [1.165, 1.54) is 7.11 Å². The predicted octanol–water partition coefficient (Wildman–Crippen LogP) is 2.68. The Morgan fingerprint density at radius 1 is 1.37 bits per heavy atom. The Morgan fingerprint density at radius 2 is 2.15 bits per heavy atom. The number of hydrogen-bond acceptors (Lipinski definition) is 6. The summed E-state index contributed by atoms with van der Waals surface area (Å²) in [4.78, 5) is 16.7. The fourth-order valence-corrected chi connectivity index (χ4v) is 3.38. The molecule has 1 aliphatic heterocycles. The summed E-state index contributed by atoms with van der Waals surface area (Å²) >= 11 is 0. The van der Waals surface area contributed by atoms with Crippen molar-refractivity contribution in [2.24, 2.45) is 5.73 Å². The largest absolute Gasteiger partial charge is 0.496 e. The molecular formula is C20H20N4O3. The molecule has 3 rings (SSSR count). The number of nitrogens with one attached hydrogen (secondary N) is 1. The number of fused-ring (bicyclic) bond motifs is 1. The first-order chi connectivity index (χ1) is 13.0. The molecule has 138 valence electrons. The lowest BCUT2D eigenvalue weighted by molar-refractivity contribution is -0.114. The molecule has 1 amide bonds. The summed E-state index contributed by atoms with van der Waals surface area (Å²) in [5, 5.41) is 12.3. The van der Waals surface area contributed by atoms with E-state index in [0.717, 1.165) is 0 Å². The summed E-state index contributed by atoms with van der Waals surface area (Å²) in [5.74, 6) is 0.618. The molecular weight excluding hydrogens is 344 g/mol. The van der Waals surface area contributed by atoms with Crippen molar-refractivity contribution >= 4 is 11.7 Å². The van der Waals surface area contributed by atoms with Crippen molar-refractivity contribution in [3.63, 3.8) is 0 Å². The van der Waals surface area contributed by atoms with Gasteiger partial charge in [-0.3, -0.25) is 4.79 Å². The smallest absolute Gasteiger partial charge is 0.247 e. The van der Waals surface area contributed by atoms with Crippen LogP contribution in [0.1, 0.15) is 36.5 Å². The van der Waals surface area contributed by atoms with Gasteiger partial charge in [-0.25, -0.2) is 4.98 Å². The van der Waals surface area contributed by atoms with Crippen LogP contribution >= 0.6 is 0 Å². The number of carbonyl (C=O) groups excluding carboxylic acids is 1. The number of benzene rings is 1. The lowest BCUT2D eigenvalue weighted by atomic mass is 9.80. The highest BCUT2D eigenvalue weighted by atomic mass is 16.5. The van der Waals surface area contributed by atoms with Gasteiger partial charge in [-0.2, -0.15) is 5.26 Å². The minimum absolute atomic E-state index is 0.402. The Labute approximate surface area is 157 Å². The molecule has 0 bridgehead atoms. The minimum atomic E-state index is -0.548. The monoisotopic (exact) mass is 364 g/mol. The number of hydrogen-bond donors (Lipinski definition) is 2. The van der Waals surface area contributed by atoms with Crippen LogP contribution in [0, 0.1) is 11.3 Å². The van der Waals surface area contributed by atoms with Crippen molar-refractivity contribution in [1.29, 1.82) is 5.26 Å². The van der Waals surface area contributed by atoms with E-state index in [1.54, 1.807) is 37.4 Å². The highest BCUT2D eigenvalue weighted by molar-refractivity contribution is 5.97. The SMILES string of the molecule is CCOc1ccnc2c1[C@@H](c1ccc(C#N)cc1OC)C(C(N)=O)=C(C)N2. The number of nitrogens with two attached hydrogens (primary N) is 1. The van der Waals surface area contributed by atoms with Gasteiger partial charge >= 0.3 is 0 Å². The average molecular weight is 364 g/mol. The van der Waals surface area contributed by atoms with Crippen LogP contribution in [0.5, 0.6) is 11.5 Å². The molecule has 0 radical (unpaired) electrons. The van der Waals surface area contributed by atoms with Crippen LogP contribution in [0.25, 0.3) is 0 Å². The standard InChI is InChI=1S/C20H20N4O3/c1-4-27-14-7-8-23-20-18(14)17(16(19(22)25)11(2)24-20)13-6-5-12(10-21)9-15(13)26-3/h5-9,17H,4H2,1-3H3,(H2,22,25)(H,23,24)/t17-/m0/s1. The van der Waals surface area contributed by atoms with Gasteiger partial charge in [-0.1, -0.05) is 6.07 Å². The quantitative estimate of drug-likeness (QED) is 0.844. The van der Waals surface area contributed by atoms with E-state index >= 15 is 0 Å². The summed E-state index contributed by atoms with van der Waals surface area (Å²) < 4.78 is 11.3. The van der Waals surface area contributed by atoms with Crippen molar-refractivity contribution < 1.29 is 14.3 Å². The maximum absolute atomic E-state index is 12.3. The fraction of sp³-hybridized carbons (Fsp3) is 0.250. The first kappa shape index (κ1) is 18.3. The highest BCUT2D eigenvalue weighted by Gasteiger charge is 2.36. The Kier molecular flexibility index (Phi) is 4.99. The molecule has 2 aromatic rings. The molecule has 27 heavy (non-hydrogen) atoms. The molecule has 0 aliphatic carbocycles. The number of ether oxygens (including phenoxy) is 2. The van der Waals surface area contributed by atoms with Crippen LogP contribution in [-0.2, 0) is 4.79 Å². The highest BCUT2D eigenvalue weighted by Crippen LogP contribution is 2.47. The summed E-state index contributed by atoms with van der Waals surface area (Å²) in [6.45, 7) is 4.12. The molecule has 2 heterocycles. The summed E-state index contributed by atoms with van der Waals surface area (Å²) in [6.07, 6.45) is 1.65. The van der Waals surface area contributed by atoms with Crippen LogP contribution in [0.4, 0.5) is 5.82 Å². The van der Waals surface area contributed by atoms with E-state index in [9.17, 15) is 10.1 Å². The number of rotatable bonds is 5. The van der Waals surface area contributed by atoms with Crippen LogP contribution in [0.2, 0.25) is 0 Å². The lowest BCUT2D eigenvalue weighted by Gasteiger charge is -2.31. The van der Waals surface area contributed by atoms with E-state index in [2.05, 4.69) is 16.4 Å². The zero-order valence-electron chi connectivity index (χ0n) is 15.4. The van der Waals surface area contributed by atoms with E-state index < -0.39 is 11.8 Å². The van der Waals surface area contributed by atoms with Crippen LogP contribution in [0.15, 0.2) is 41.7 Å². The number of allylic oxidation sites excluding steroid dienone is 1. The van der Waals surface area contributed by atoms with Gasteiger partial charge in [0.05, 0.1) is 31.3 Å². The Balaban J connectivity index is 2.32. The third-order valence-corrected chi connectivity index (χ3v) is 4.48. The second kappa shape index (κ2) is 7.38. The molecule has 7 nitrogen and oxygen atoms in total. The molecule has 0 unspecified atom stereocenters. The van der Waals surface area contributed by atoms with E-state index in [4.69, 9.17) is 15.2 Å². The van der Waals surface area contributed by atoms with Crippen LogP contribution < -0.4 is 20.5 Å². The number of aromatic nitrogens is 1. The second-order valence-electron chi connectivity index (χ2n) is 6.03. The van der Waals surface area contributed by atoms with Crippen molar-refractivity contribution in [3.05, 3.63) is 58.4 Å². The van der Waals surface area contributed by atoms with Gasteiger partial charge in [0.25, 0.3) is 0 Å². The number of carbonyl (C=O) groups is 1. The number of primary amides is 1. The number of methoxy groups -OCH3 is 1. The summed E-state index contributed by atoms with van der Waals surface area (Å²) in [7, 11) is 1.52. The number of nitriles is 1. The molecule has 3 N–H and O–H groups in total. The number of pyridine rings is 1. The average Bonchev–Trinajstić information content (AvgIpc) is 2.66. The molecule has 1 atom stereocenters. The first-order valence-electron chi connectivity index (χ1n) is 8.49. The van der Waals surface area contributed by atoms with E-state index in [1.807, 2.05) is 6.92 Å². The molecule has 0 spiro atoms. The zero-order valence-corrected chi connectivity index (χ0v) is 15.4. The minimum Gasteiger partial charge on any atom is -0.496 e. The van der Waals surface area contributed by atoms with Gasteiger partial charge in [0, 0.05) is 28.6 Å². The first-order valence-corrected chi connectivity index (χ1v) is 8.49. The topological polar surface area (TPSA) is 110 Å². The molecule has 1 aliphatic rings. The molecule has 0 fully saturated rings. The van der Waals surface area contributed by atoms with E-state index in [-0.39, 0.29) is 0 Å². The number of nitrogens with zero attached hydrogens (tertiary/aromatic N) is 2.